The van der Waals surface area contributed by atoms with E-state index < -0.39 is 0 Å². The second-order valence-electron chi connectivity index (χ2n) is 3.34. The van der Waals surface area contributed by atoms with Gasteiger partial charge in [0, 0.05) is 0 Å². The standard InChI is InChI=1S/C8H19BN2/c1-10(2)8(11(3)4)6-5-7-9/h8H,5-7H2,1-4H3. The highest BCUT2D eigenvalue weighted by Crippen LogP contribution is 2.06. The Morgan fingerprint density at radius 3 is 1.82 bits per heavy atom. The molecule has 11 heavy (non-hydrogen) atoms. The zero-order valence-corrected chi connectivity index (χ0v) is 8.17. The van der Waals surface area contributed by atoms with Crippen LogP contribution < -0.4 is 0 Å². The Labute approximate surface area is 72.0 Å². The molecule has 0 bridgehead atoms. The first kappa shape index (κ1) is 11.0. The molecule has 0 rings (SSSR count). The molecule has 0 aromatic heterocycles. The van der Waals surface area contributed by atoms with Gasteiger partial charge in [0.05, 0.1) is 14.0 Å². The van der Waals surface area contributed by atoms with Gasteiger partial charge in [0.25, 0.3) is 0 Å². The lowest BCUT2D eigenvalue weighted by Gasteiger charge is -2.30. The molecule has 64 valence electrons. The molecular formula is C8H19BN2. The van der Waals surface area contributed by atoms with Gasteiger partial charge in [-0.1, -0.05) is 12.7 Å². The first-order valence-corrected chi connectivity index (χ1v) is 4.12. The van der Waals surface area contributed by atoms with Crippen LogP contribution in [0.2, 0.25) is 6.32 Å². The summed E-state index contributed by atoms with van der Waals surface area (Å²) in [5, 5.41) is 0. The van der Waals surface area contributed by atoms with E-state index >= 15 is 0 Å². The molecule has 0 aromatic carbocycles. The lowest BCUT2D eigenvalue weighted by atomic mass is 9.99. The Morgan fingerprint density at radius 2 is 1.55 bits per heavy atom. The second kappa shape index (κ2) is 5.61. The molecule has 0 aromatic rings. The van der Waals surface area contributed by atoms with E-state index in [4.69, 9.17) is 7.85 Å². The van der Waals surface area contributed by atoms with Crippen LogP contribution in [0.4, 0.5) is 0 Å². The number of rotatable bonds is 5. The van der Waals surface area contributed by atoms with Gasteiger partial charge < -0.3 is 0 Å². The molecule has 2 nitrogen and oxygen atoms in total. The van der Waals surface area contributed by atoms with E-state index in [9.17, 15) is 0 Å². The largest absolute Gasteiger partial charge is 0.294 e. The quantitative estimate of drug-likeness (QED) is 0.427. The van der Waals surface area contributed by atoms with Crippen LogP contribution in [0, 0.1) is 0 Å². The normalized spacial score (nSPS) is 11.9. The Morgan fingerprint density at radius 1 is 1.09 bits per heavy atom. The highest BCUT2D eigenvalue weighted by Gasteiger charge is 2.11. The van der Waals surface area contributed by atoms with Gasteiger partial charge in [-0.25, -0.2) is 0 Å². The molecule has 0 fully saturated rings. The Bertz CT molecular complexity index is 86.1. The molecule has 0 unspecified atom stereocenters. The molecule has 0 saturated heterocycles. The summed E-state index contributed by atoms with van der Waals surface area (Å²) in [6.07, 6.45) is 3.56. The van der Waals surface area contributed by atoms with E-state index in [0.717, 1.165) is 19.2 Å². The van der Waals surface area contributed by atoms with Crippen molar-refractivity contribution in [3.05, 3.63) is 0 Å². The minimum Gasteiger partial charge on any atom is -0.294 e. The van der Waals surface area contributed by atoms with Crippen molar-refractivity contribution in [2.24, 2.45) is 0 Å². The van der Waals surface area contributed by atoms with Crippen molar-refractivity contribution in [2.75, 3.05) is 28.2 Å². The van der Waals surface area contributed by atoms with E-state index in [0.29, 0.717) is 6.17 Å². The van der Waals surface area contributed by atoms with Crippen LogP contribution in [0.15, 0.2) is 0 Å². The van der Waals surface area contributed by atoms with Gasteiger partial charge in [-0.05, 0) is 34.6 Å². The molecule has 0 amide bonds. The van der Waals surface area contributed by atoms with Crippen LogP contribution in [-0.2, 0) is 0 Å². The molecule has 0 aliphatic carbocycles. The zero-order valence-electron chi connectivity index (χ0n) is 8.17. The molecular weight excluding hydrogens is 135 g/mol. The third-order valence-corrected chi connectivity index (χ3v) is 1.86. The minimum atomic E-state index is 0.526. The van der Waals surface area contributed by atoms with Gasteiger partial charge in [0.2, 0.25) is 0 Å². The average molecular weight is 154 g/mol. The van der Waals surface area contributed by atoms with E-state index in [1.807, 2.05) is 0 Å². The van der Waals surface area contributed by atoms with Crippen LogP contribution in [0.1, 0.15) is 12.8 Å². The summed E-state index contributed by atoms with van der Waals surface area (Å²) < 4.78 is 0. The highest BCUT2D eigenvalue weighted by atomic mass is 15.3. The summed E-state index contributed by atoms with van der Waals surface area (Å²) in [4.78, 5) is 4.44. The van der Waals surface area contributed by atoms with Crippen LogP contribution >= 0.6 is 0 Å². The van der Waals surface area contributed by atoms with Gasteiger partial charge in [-0.2, -0.15) is 0 Å². The van der Waals surface area contributed by atoms with Crippen LogP contribution in [0.5, 0.6) is 0 Å². The minimum absolute atomic E-state index is 0.526. The van der Waals surface area contributed by atoms with Crippen molar-refractivity contribution in [2.45, 2.75) is 25.3 Å². The van der Waals surface area contributed by atoms with E-state index in [-0.39, 0.29) is 0 Å². The maximum Gasteiger partial charge on any atom is 0.0653 e. The third kappa shape index (κ3) is 4.43. The lowest BCUT2D eigenvalue weighted by Crippen LogP contribution is -2.40. The maximum atomic E-state index is 5.44. The predicted octanol–water partition coefficient (Wildman–Crippen LogP) is 0.803. The van der Waals surface area contributed by atoms with Crippen LogP contribution in [0.25, 0.3) is 0 Å². The Hall–Kier alpha value is -0.0151. The summed E-state index contributed by atoms with van der Waals surface area (Å²) in [7, 11) is 13.8. The van der Waals surface area contributed by atoms with E-state index in [2.05, 4.69) is 38.0 Å². The number of hydrogen-bond acceptors (Lipinski definition) is 2. The fourth-order valence-corrected chi connectivity index (χ4v) is 1.28. The molecule has 0 aliphatic rings. The summed E-state index contributed by atoms with van der Waals surface area (Å²) >= 11 is 0. The highest BCUT2D eigenvalue weighted by molar-refractivity contribution is 6.08. The molecule has 0 aliphatic heterocycles. The van der Waals surface area contributed by atoms with Crippen molar-refractivity contribution < 1.29 is 0 Å². The van der Waals surface area contributed by atoms with Gasteiger partial charge in [0.15, 0.2) is 0 Å². The molecule has 0 heterocycles. The fraction of sp³-hybridized carbons (Fsp3) is 1.00. The van der Waals surface area contributed by atoms with Gasteiger partial charge in [-0.3, -0.25) is 9.80 Å². The summed E-state index contributed by atoms with van der Waals surface area (Å²) in [5.74, 6) is 0. The van der Waals surface area contributed by atoms with E-state index in [1.165, 1.54) is 0 Å². The predicted molar refractivity (Wildman–Crippen MR) is 51.0 cm³/mol. The molecule has 2 radical (unpaired) electrons. The van der Waals surface area contributed by atoms with Gasteiger partial charge in [-0.15, -0.1) is 0 Å². The third-order valence-electron chi connectivity index (χ3n) is 1.86. The molecule has 0 saturated carbocycles. The lowest BCUT2D eigenvalue weighted by molar-refractivity contribution is 0.119. The summed E-state index contributed by atoms with van der Waals surface area (Å²) in [6.45, 7) is 0. The maximum absolute atomic E-state index is 5.44. The van der Waals surface area contributed by atoms with Crippen molar-refractivity contribution >= 4 is 7.85 Å². The SMILES string of the molecule is [B]CCCC(N(C)C)N(C)C. The topological polar surface area (TPSA) is 6.48 Å². The van der Waals surface area contributed by atoms with Crippen molar-refractivity contribution in [1.29, 1.82) is 0 Å². The van der Waals surface area contributed by atoms with Crippen LogP contribution in [0.3, 0.4) is 0 Å². The summed E-state index contributed by atoms with van der Waals surface area (Å²) in [5.41, 5.74) is 0. The second-order valence-corrected chi connectivity index (χ2v) is 3.34. The van der Waals surface area contributed by atoms with Gasteiger partial charge >= 0.3 is 0 Å². The van der Waals surface area contributed by atoms with Crippen molar-refractivity contribution in [3.63, 3.8) is 0 Å². The number of hydrogen-bond donors (Lipinski definition) is 0. The number of nitrogens with zero attached hydrogens (tertiary/aromatic N) is 2. The van der Waals surface area contributed by atoms with Crippen LogP contribution in [-0.4, -0.2) is 52.0 Å². The first-order valence-electron chi connectivity index (χ1n) is 4.12. The smallest absolute Gasteiger partial charge is 0.0653 e. The Balaban J connectivity index is 3.70. The van der Waals surface area contributed by atoms with Crippen molar-refractivity contribution in [1.82, 2.24) is 9.80 Å². The molecule has 0 spiro atoms. The zero-order chi connectivity index (χ0) is 8.85. The molecule has 3 heteroatoms. The van der Waals surface area contributed by atoms with E-state index in [1.54, 1.807) is 0 Å². The molecule has 0 atom stereocenters. The van der Waals surface area contributed by atoms with Gasteiger partial charge in [0.1, 0.15) is 0 Å². The first-order chi connectivity index (χ1) is 5.09. The fourth-order valence-electron chi connectivity index (χ4n) is 1.28. The monoisotopic (exact) mass is 154 g/mol. The molecule has 0 N–H and O–H groups in total. The average Bonchev–Trinajstić information content (AvgIpc) is 1.87. The summed E-state index contributed by atoms with van der Waals surface area (Å²) in [6, 6.07) is 0. The van der Waals surface area contributed by atoms with Crippen molar-refractivity contribution in [3.8, 4) is 0 Å². The Kier molecular flexibility index (Phi) is 5.60.